The smallest absolute Gasteiger partial charge is 0.416 e. The van der Waals surface area contributed by atoms with Gasteiger partial charge in [-0.3, -0.25) is 0 Å². The first-order valence-electron chi connectivity index (χ1n) is 10.2. The Morgan fingerprint density at radius 3 is 2.39 bits per heavy atom. The van der Waals surface area contributed by atoms with Gasteiger partial charge >= 0.3 is 12.3 Å². The van der Waals surface area contributed by atoms with Crippen molar-refractivity contribution in [1.29, 1.82) is 0 Å². The zero-order chi connectivity index (χ0) is 22.4. The Balaban J connectivity index is 1.64. The van der Waals surface area contributed by atoms with Gasteiger partial charge in [0.15, 0.2) is 0 Å². The van der Waals surface area contributed by atoms with Gasteiger partial charge in [-0.25, -0.2) is 9.48 Å². The number of para-hydroxylation sites is 1. The highest BCUT2D eigenvalue weighted by atomic mass is 19.4. The summed E-state index contributed by atoms with van der Waals surface area (Å²) >= 11 is 0. The Morgan fingerprint density at radius 1 is 1.06 bits per heavy atom. The zero-order valence-corrected chi connectivity index (χ0v) is 17.6. The number of nitrogens with zero attached hydrogens (tertiary/aromatic N) is 3. The van der Waals surface area contributed by atoms with Crippen molar-refractivity contribution in [3.63, 3.8) is 0 Å². The monoisotopic (exact) mass is 431 g/mol. The minimum absolute atomic E-state index is 0.0214. The minimum Gasteiger partial charge on any atom is -0.444 e. The van der Waals surface area contributed by atoms with Crippen LogP contribution in [0.5, 0.6) is 0 Å². The number of ether oxygens (including phenoxy) is 1. The van der Waals surface area contributed by atoms with Gasteiger partial charge in [0.05, 0.1) is 22.5 Å². The molecule has 0 N–H and O–H groups in total. The summed E-state index contributed by atoms with van der Waals surface area (Å²) in [5.41, 5.74) is 0.940. The summed E-state index contributed by atoms with van der Waals surface area (Å²) in [5, 5.41) is 5.69. The fourth-order valence-corrected chi connectivity index (χ4v) is 3.86. The van der Waals surface area contributed by atoms with Crippen LogP contribution in [0.3, 0.4) is 0 Å². The molecule has 31 heavy (non-hydrogen) atoms. The van der Waals surface area contributed by atoms with E-state index in [9.17, 15) is 18.0 Å². The number of likely N-dealkylation sites (tertiary alicyclic amines) is 1. The molecular weight excluding hydrogens is 407 g/mol. The topological polar surface area (TPSA) is 47.4 Å². The lowest BCUT2D eigenvalue weighted by atomic mass is 10.0. The molecule has 2 aromatic carbocycles. The molecule has 1 aromatic heterocycles. The van der Waals surface area contributed by atoms with Crippen molar-refractivity contribution in [3.8, 4) is 5.69 Å². The molecule has 1 aliphatic heterocycles. The Labute approximate surface area is 178 Å². The van der Waals surface area contributed by atoms with Crippen molar-refractivity contribution in [2.75, 3.05) is 13.1 Å². The highest BCUT2D eigenvalue weighted by molar-refractivity contribution is 5.84. The number of halogens is 3. The summed E-state index contributed by atoms with van der Waals surface area (Å²) in [7, 11) is 0. The molecule has 1 amide bonds. The number of amides is 1. The molecular formula is C23H24F3N3O2. The molecule has 2 heterocycles. The van der Waals surface area contributed by atoms with Crippen molar-refractivity contribution in [1.82, 2.24) is 14.7 Å². The first-order valence-corrected chi connectivity index (χ1v) is 10.2. The standard InChI is InChI=1S/C23H24F3N3O2/c1-22(2,3)31-21(30)28-13-12-15(14-28)20-18-6-4-5-7-19(18)29(27-20)17-10-8-16(9-11-17)23(24,25)26/h4-11,15H,12-14H2,1-3H3. The van der Waals surface area contributed by atoms with E-state index in [4.69, 9.17) is 9.84 Å². The van der Waals surface area contributed by atoms with Gasteiger partial charge in [-0.15, -0.1) is 0 Å². The SMILES string of the molecule is CC(C)(C)OC(=O)N1CCC(c2nn(-c3ccc(C(F)(F)F)cc3)c3ccccc23)C1. The molecule has 164 valence electrons. The van der Waals surface area contributed by atoms with Gasteiger partial charge < -0.3 is 9.64 Å². The molecule has 0 spiro atoms. The summed E-state index contributed by atoms with van der Waals surface area (Å²) in [6, 6.07) is 12.6. The van der Waals surface area contributed by atoms with E-state index in [1.165, 1.54) is 12.1 Å². The van der Waals surface area contributed by atoms with Crippen LogP contribution < -0.4 is 0 Å². The van der Waals surface area contributed by atoms with E-state index in [0.717, 1.165) is 35.2 Å². The van der Waals surface area contributed by atoms with Crippen molar-refractivity contribution in [3.05, 3.63) is 59.8 Å². The van der Waals surface area contributed by atoms with Gasteiger partial charge in [0, 0.05) is 24.4 Å². The van der Waals surface area contributed by atoms with E-state index in [1.807, 2.05) is 45.0 Å². The third-order valence-corrected chi connectivity index (χ3v) is 5.28. The molecule has 0 aliphatic carbocycles. The minimum atomic E-state index is -4.38. The van der Waals surface area contributed by atoms with Crippen molar-refractivity contribution in [2.45, 2.75) is 44.9 Å². The maximum absolute atomic E-state index is 12.9. The average Bonchev–Trinajstić information content (AvgIpc) is 3.31. The second-order valence-electron chi connectivity index (χ2n) is 8.77. The number of benzene rings is 2. The summed E-state index contributed by atoms with van der Waals surface area (Å²) in [6.07, 6.45) is -3.99. The fourth-order valence-electron chi connectivity index (χ4n) is 3.86. The van der Waals surface area contributed by atoms with Gasteiger partial charge in [0.25, 0.3) is 0 Å². The number of carbonyl (C=O) groups is 1. The van der Waals surface area contributed by atoms with E-state index in [2.05, 4.69) is 0 Å². The van der Waals surface area contributed by atoms with Gasteiger partial charge in [0.2, 0.25) is 0 Å². The summed E-state index contributed by atoms with van der Waals surface area (Å²) in [4.78, 5) is 14.1. The Hall–Kier alpha value is -3.03. The molecule has 0 radical (unpaired) electrons. The molecule has 4 rings (SSSR count). The van der Waals surface area contributed by atoms with E-state index in [1.54, 1.807) is 9.58 Å². The molecule has 0 bridgehead atoms. The third-order valence-electron chi connectivity index (χ3n) is 5.28. The van der Waals surface area contributed by atoms with Crippen molar-refractivity contribution in [2.24, 2.45) is 0 Å². The van der Waals surface area contributed by atoms with E-state index in [0.29, 0.717) is 18.8 Å². The molecule has 1 saturated heterocycles. The van der Waals surface area contributed by atoms with Gasteiger partial charge in [0.1, 0.15) is 5.60 Å². The molecule has 5 nitrogen and oxygen atoms in total. The zero-order valence-electron chi connectivity index (χ0n) is 17.6. The van der Waals surface area contributed by atoms with Crippen LogP contribution in [-0.2, 0) is 10.9 Å². The van der Waals surface area contributed by atoms with E-state index >= 15 is 0 Å². The van der Waals surface area contributed by atoms with Crippen molar-refractivity contribution >= 4 is 17.0 Å². The quantitative estimate of drug-likeness (QED) is 0.518. The predicted octanol–water partition coefficient (Wildman–Crippen LogP) is 5.77. The molecule has 1 aliphatic rings. The number of aromatic nitrogens is 2. The lowest BCUT2D eigenvalue weighted by Crippen LogP contribution is -2.35. The second-order valence-corrected chi connectivity index (χ2v) is 8.77. The number of fused-ring (bicyclic) bond motifs is 1. The molecule has 0 saturated carbocycles. The van der Waals surface area contributed by atoms with Crippen molar-refractivity contribution < 1.29 is 22.7 Å². The van der Waals surface area contributed by atoms with Crippen LogP contribution in [0, 0.1) is 0 Å². The Morgan fingerprint density at radius 2 is 1.74 bits per heavy atom. The van der Waals surface area contributed by atoms with Crippen LogP contribution in [0.15, 0.2) is 48.5 Å². The van der Waals surface area contributed by atoms with Crippen LogP contribution in [-0.4, -0.2) is 39.5 Å². The molecule has 8 heteroatoms. The Bertz CT molecular complexity index is 1100. The van der Waals surface area contributed by atoms with E-state index < -0.39 is 17.3 Å². The first-order chi connectivity index (χ1) is 14.5. The fraction of sp³-hybridized carbons (Fsp3) is 0.391. The van der Waals surface area contributed by atoms with Gasteiger partial charge in [-0.2, -0.15) is 18.3 Å². The maximum Gasteiger partial charge on any atom is 0.416 e. The second kappa shape index (κ2) is 7.59. The van der Waals surface area contributed by atoms with E-state index in [-0.39, 0.29) is 12.0 Å². The number of hydrogen-bond acceptors (Lipinski definition) is 3. The van der Waals surface area contributed by atoms with Crippen LogP contribution in [0.4, 0.5) is 18.0 Å². The Kier molecular flexibility index (Phi) is 5.19. The molecule has 3 aromatic rings. The summed E-state index contributed by atoms with van der Waals surface area (Å²) in [6.45, 7) is 6.55. The largest absolute Gasteiger partial charge is 0.444 e. The first kappa shape index (κ1) is 21.2. The van der Waals surface area contributed by atoms with Gasteiger partial charge in [-0.1, -0.05) is 18.2 Å². The predicted molar refractivity (Wildman–Crippen MR) is 111 cm³/mol. The average molecular weight is 431 g/mol. The molecule has 1 fully saturated rings. The normalized spacial score (nSPS) is 17.4. The maximum atomic E-state index is 12.9. The third kappa shape index (κ3) is 4.38. The number of carbonyl (C=O) groups excluding carboxylic acids is 1. The van der Waals surface area contributed by atoms with Gasteiger partial charge in [-0.05, 0) is 57.5 Å². The van der Waals surface area contributed by atoms with Crippen LogP contribution in [0.2, 0.25) is 0 Å². The van der Waals surface area contributed by atoms with Crippen LogP contribution in [0.25, 0.3) is 16.6 Å². The van der Waals surface area contributed by atoms with Crippen LogP contribution >= 0.6 is 0 Å². The number of alkyl halides is 3. The summed E-state index contributed by atoms with van der Waals surface area (Å²) < 4.78 is 45.9. The molecule has 1 unspecified atom stereocenters. The highest BCUT2D eigenvalue weighted by Crippen LogP contribution is 2.34. The highest BCUT2D eigenvalue weighted by Gasteiger charge is 2.33. The summed E-state index contributed by atoms with van der Waals surface area (Å²) in [5.74, 6) is 0.0214. The molecule has 1 atom stereocenters. The number of hydrogen-bond donors (Lipinski definition) is 0. The van der Waals surface area contributed by atoms with Crippen LogP contribution in [0.1, 0.15) is 44.4 Å². The number of rotatable bonds is 2. The lowest BCUT2D eigenvalue weighted by Gasteiger charge is -2.24. The lowest BCUT2D eigenvalue weighted by molar-refractivity contribution is -0.137.